The van der Waals surface area contributed by atoms with E-state index >= 15 is 0 Å². The van der Waals surface area contributed by atoms with Crippen molar-refractivity contribution in [2.24, 2.45) is 0 Å². The van der Waals surface area contributed by atoms with Gasteiger partial charge in [0.05, 0.1) is 12.7 Å². The van der Waals surface area contributed by atoms with E-state index in [1.807, 2.05) is 17.6 Å². The molecular weight excluding hydrogens is 232 g/mol. The van der Waals surface area contributed by atoms with Gasteiger partial charge in [-0.25, -0.2) is 4.98 Å². The fourth-order valence-corrected chi connectivity index (χ4v) is 2.14. The Morgan fingerprint density at radius 1 is 1.61 bits per heavy atom. The van der Waals surface area contributed by atoms with Crippen LogP contribution in [-0.2, 0) is 4.74 Å². The Morgan fingerprint density at radius 2 is 2.56 bits per heavy atom. The lowest BCUT2D eigenvalue weighted by molar-refractivity contribution is 0.0339. The zero-order valence-electron chi connectivity index (χ0n) is 10.3. The van der Waals surface area contributed by atoms with Crippen molar-refractivity contribution in [1.29, 1.82) is 0 Å². The van der Waals surface area contributed by atoms with Gasteiger partial charge in [0.25, 0.3) is 0 Å². The molecule has 3 rings (SSSR count). The van der Waals surface area contributed by atoms with Gasteiger partial charge in [0.1, 0.15) is 6.33 Å². The molecule has 1 saturated heterocycles. The van der Waals surface area contributed by atoms with E-state index < -0.39 is 0 Å². The first kappa shape index (κ1) is 11.4. The van der Waals surface area contributed by atoms with E-state index in [9.17, 15) is 0 Å². The van der Waals surface area contributed by atoms with Crippen molar-refractivity contribution in [1.82, 2.24) is 24.9 Å². The molecule has 7 nitrogen and oxygen atoms in total. The van der Waals surface area contributed by atoms with Crippen LogP contribution in [0.15, 0.2) is 18.7 Å². The smallest absolute Gasteiger partial charge is 0.203 e. The molecule has 0 saturated carbocycles. The number of anilines is 1. The maximum atomic E-state index is 5.69. The van der Waals surface area contributed by atoms with E-state index in [2.05, 4.69) is 25.4 Å². The SMILES string of the molecule is CN(CC1CNCCO1)c1nccn2cnnc12. The highest BCUT2D eigenvalue weighted by Gasteiger charge is 2.18. The third-order valence-corrected chi connectivity index (χ3v) is 3.04. The second-order valence-corrected chi connectivity index (χ2v) is 4.39. The fraction of sp³-hybridized carbons (Fsp3) is 0.545. The molecule has 1 atom stereocenters. The molecule has 2 aromatic rings. The average molecular weight is 248 g/mol. The largest absolute Gasteiger partial charge is 0.374 e. The lowest BCUT2D eigenvalue weighted by Gasteiger charge is -2.28. The summed E-state index contributed by atoms with van der Waals surface area (Å²) in [7, 11) is 2.00. The zero-order chi connectivity index (χ0) is 12.4. The Kier molecular flexibility index (Phi) is 3.07. The van der Waals surface area contributed by atoms with Crippen LogP contribution in [0.25, 0.3) is 5.65 Å². The zero-order valence-corrected chi connectivity index (χ0v) is 10.3. The van der Waals surface area contributed by atoms with Gasteiger partial charge in [-0.2, -0.15) is 0 Å². The first-order chi connectivity index (χ1) is 8.84. The summed E-state index contributed by atoms with van der Waals surface area (Å²) >= 11 is 0. The van der Waals surface area contributed by atoms with E-state index in [0.29, 0.717) is 0 Å². The van der Waals surface area contributed by atoms with Crippen LogP contribution >= 0.6 is 0 Å². The lowest BCUT2D eigenvalue weighted by atomic mass is 10.3. The highest BCUT2D eigenvalue weighted by molar-refractivity contribution is 5.62. The molecule has 1 N–H and O–H groups in total. The van der Waals surface area contributed by atoms with Crippen LogP contribution in [0.5, 0.6) is 0 Å². The molecule has 0 amide bonds. The van der Waals surface area contributed by atoms with Gasteiger partial charge in [-0.05, 0) is 0 Å². The van der Waals surface area contributed by atoms with Crippen LogP contribution in [0, 0.1) is 0 Å². The van der Waals surface area contributed by atoms with Crippen molar-refractivity contribution in [2.45, 2.75) is 6.10 Å². The number of fused-ring (bicyclic) bond motifs is 1. The van der Waals surface area contributed by atoms with E-state index in [-0.39, 0.29) is 6.10 Å². The second kappa shape index (κ2) is 4.87. The third-order valence-electron chi connectivity index (χ3n) is 3.04. The number of nitrogens with zero attached hydrogens (tertiary/aromatic N) is 5. The monoisotopic (exact) mass is 248 g/mol. The number of ether oxygens (including phenoxy) is 1. The summed E-state index contributed by atoms with van der Waals surface area (Å²) in [5.41, 5.74) is 0.767. The minimum Gasteiger partial charge on any atom is -0.374 e. The summed E-state index contributed by atoms with van der Waals surface area (Å²) < 4.78 is 7.55. The van der Waals surface area contributed by atoms with Crippen molar-refractivity contribution in [2.75, 3.05) is 38.2 Å². The van der Waals surface area contributed by atoms with Crippen molar-refractivity contribution in [3.63, 3.8) is 0 Å². The van der Waals surface area contributed by atoms with Crippen LogP contribution in [-0.4, -0.2) is 59.0 Å². The van der Waals surface area contributed by atoms with Crippen molar-refractivity contribution in [3.05, 3.63) is 18.7 Å². The highest BCUT2D eigenvalue weighted by Crippen LogP contribution is 2.15. The molecule has 1 aliphatic rings. The molecule has 0 bridgehead atoms. The van der Waals surface area contributed by atoms with E-state index in [4.69, 9.17) is 4.74 Å². The lowest BCUT2D eigenvalue weighted by Crippen LogP contribution is -2.44. The number of aromatic nitrogens is 4. The molecule has 7 heteroatoms. The Labute approximate surface area is 105 Å². The Bertz CT molecular complexity index is 521. The van der Waals surface area contributed by atoms with Gasteiger partial charge in [0, 0.05) is 39.1 Å². The summed E-state index contributed by atoms with van der Waals surface area (Å²) in [6.45, 7) is 3.35. The molecule has 1 unspecified atom stereocenters. The molecule has 1 fully saturated rings. The van der Waals surface area contributed by atoms with Crippen LogP contribution in [0.2, 0.25) is 0 Å². The first-order valence-corrected chi connectivity index (χ1v) is 6.02. The average Bonchev–Trinajstić information content (AvgIpc) is 2.87. The summed E-state index contributed by atoms with van der Waals surface area (Å²) in [5.74, 6) is 0.823. The van der Waals surface area contributed by atoms with E-state index in [0.717, 1.165) is 37.7 Å². The molecule has 96 valence electrons. The first-order valence-electron chi connectivity index (χ1n) is 6.02. The predicted molar refractivity (Wildman–Crippen MR) is 66.7 cm³/mol. The van der Waals surface area contributed by atoms with Gasteiger partial charge in [-0.3, -0.25) is 4.40 Å². The van der Waals surface area contributed by atoms with E-state index in [1.54, 1.807) is 12.5 Å². The van der Waals surface area contributed by atoms with Gasteiger partial charge < -0.3 is 15.0 Å². The standard InChI is InChI=1S/C11H16N6O/c1-16(7-9-6-12-3-5-18-9)10-11-15-14-8-17(11)4-2-13-10/h2,4,8-9,12H,3,5-7H2,1H3. The third kappa shape index (κ3) is 2.14. The normalized spacial score (nSPS) is 20.2. The predicted octanol–water partition coefficient (Wildman–Crippen LogP) is -0.451. The molecule has 18 heavy (non-hydrogen) atoms. The molecular formula is C11H16N6O. The topological polar surface area (TPSA) is 67.6 Å². The summed E-state index contributed by atoms with van der Waals surface area (Å²) in [4.78, 5) is 6.43. The van der Waals surface area contributed by atoms with Crippen LogP contribution in [0.4, 0.5) is 5.82 Å². The van der Waals surface area contributed by atoms with Crippen molar-refractivity contribution < 1.29 is 4.74 Å². The number of morpholine rings is 1. The Morgan fingerprint density at radius 3 is 3.39 bits per heavy atom. The number of likely N-dealkylation sites (N-methyl/N-ethyl adjacent to an activating group) is 1. The molecule has 0 spiro atoms. The molecule has 1 aliphatic heterocycles. The minimum atomic E-state index is 0.189. The second-order valence-electron chi connectivity index (χ2n) is 4.39. The van der Waals surface area contributed by atoms with Crippen LogP contribution < -0.4 is 10.2 Å². The maximum absolute atomic E-state index is 5.69. The number of rotatable bonds is 3. The molecule has 3 heterocycles. The molecule has 0 aliphatic carbocycles. The number of nitrogens with one attached hydrogen (secondary N) is 1. The van der Waals surface area contributed by atoms with Crippen LogP contribution in [0.3, 0.4) is 0 Å². The minimum absolute atomic E-state index is 0.189. The van der Waals surface area contributed by atoms with Gasteiger partial charge in [-0.15, -0.1) is 10.2 Å². The fourth-order valence-electron chi connectivity index (χ4n) is 2.14. The quantitative estimate of drug-likeness (QED) is 0.793. The van der Waals surface area contributed by atoms with Crippen molar-refractivity contribution >= 4 is 11.5 Å². The number of hydrogen-bond acceptors (Lipinski definition) is 6. The number of hydrogen-bond donors (Lipinski definition) is 1. The summed E-state index contributed by atoms with van der Waals surface area (Å²) in [6.07, 6.45) is 5.45. The highest BCUT2D eigenvalue weighted by atomic mass is 16.5. The maximum Gasteiger partial charge on any atom is 0.203 e. The van der Waals surface area contributed by atoms with E-state index in [1.165, 1.54) is 0 Å². The van der Waals surface area contributed by atoms with Gasteiger partial charge >= 0.3 is 0 Å². The Hall–Kier alpha value is -1.73. The Balaban J connectivity index is 1.78. The summed E-state index contributed by atoms with van der Waals surface area (Å²) in [5, 5.41) is 11.3. The van der Waals surface area contributed by atoms with Crippen molar-refractivity contribution in [3.8, 4) is 0 Å². The molecule has 0 radical (unpaired) electrons. The van der Waals surface area contributed by atoms with Gasteiger partial charge in [0.15, 0.2) is 5.82 Å². The summed E-state index contributed by atoms with van der Waals surface area (Å²) in [6, 6.07) is 0. The van der Waals surface area contributed by atoms with Gasteiger partial charge in [0.2, 0.25) is 5.65 Å². The molecule has 0 aromatic carbocycles. The molecule has 2 aromatic heterocycles. The van der Waals surface area contributed by atoms with Gasteiger partial charge in [-0.1, -0.05) is 0 Å². The van der Waals surface area contributed by atoms with Crippen LogP contribution in [0.1, 0.15) is 0 Å².